The molecule has 0 saturated heterocycles. The minimum Gasteiger partial charge on any atom is -0.351 e. The van der Waals surface area contributed by atoms with Crippen molar-refractivity contribution in [1.29, 1.82) is 0 Å². The maximum Gasteiger partial charge on any atom is 0.289 e. The smallest absolute Gasteiger partial charge is 0.289 e. The number of sulfonamides is 1. The van der Waals surface area contributed by atoms with Crippen LogP contribution < -0.4 is 5.32 Å². The first kappa shape index (κ1) is 16.6. The summed E-state index contributed by atoms with van der Waals surface area (Å²) in [5, 5.41) is 6.41. The number of likely N-dealkylation sites (N-methyl/N-ethyl adjacent to an activating group) is 1. The molecule has 7 nitrogen and oxygen atoms in total. The Morgan fingerprint density at radius 1 is 1.50 bits per heavy atom. The minimum atomic E-state index is -3.23. The van der Waals surface area contributed by atoms with Crippen molar-refractivity contribution in [3.05, 3.63) is 17.5 Å². The summed E-state index contributed by atoms with van der Waals surface area (Å²) in [6.45, 7) is 4.52. The second kappa shape index (κ2) is 6.85. The van der Waals surface area contributed by atoms with Gasteiger partial charge < -0.3 is 9.84 Å². The maximum atomic E-state index is 11.8. The molecule has 0 saturated carbocycles. The molecular formula is C12H21N3O4S. The van der Waals surface area contributed by atoms with Gasteiger partial charge in [0.25, 0.3) is 5.91 Å². The lowest BCUT2D eigenvalue weighted by molar-refractivity contribution is 0.0915. The molecule has 1 rings (SSSR count). The van der Waals surface area contributed by atoms with Crippen molar-refractivity contribution < 1.29 is 17.7 Å². The lowest BCUT2D eigenvalue weighted by atomic mass is 10.1. The van der Waals surface area contributed by atoms with Crippen molar-refractivity contribution in [3.63, 3.8) is 0 Å². The van der Waals surface area contributed by atoms with E-state index in [1.54, 1.807) is 6.07 Å². The average molecular weight is 303 g/mol. The van der Waals surface area contributed by atoms with Gasteiger partial charge in [0.2, 0.25) is 15.8 Å². The zero-order chi connectivity index (χ0) is 15.3. The third-order valence-electron chi connectivity index (χ3n) is 2.68. The van der Waals surface area contributed by atoms with E-state index >= 15 is 0 Å². The summed E-state index contributed by atoms with van der Waals surface area (Å²) in [6.07, 6.45) is 1.86. The summed E-state index contributed by atoms with van der Waals surface area (Å²) < 4.78 is 28.5. The van der Waals surface area contributed by atoms with Gasteiger partial charge in [-0.1, -0.05) is 19.0 Å². The van der Waals surface area contributed by atoms with E-state index in [0.29, 0.717) is 5.92 Å². The first-order valence-corrected chi connectivity index (χ1v) is 8.20. The van der Waals surface area contributed by atoms with Crippen LogP contribution in [0.2, 0.25) is 0 Å². The van der Waals surface area contributed by atoms with Gasteiger partial charge in [0.15, 0.2) is 0 Å². The topological polar surface area (TPSA) is 92.5 Å². The van der Waals surface area contributed by atoms with E-state index in [1.165, 1.54) is 7.05 Å². The van der Waals surface area contributed by atoms with Crippen LogP contribution in [0.5, 0.6) is 0 Å². The van der Waals surface area contributed by atoms with E-state index in [2.05, 4.69) is 24.3 Å². The summed E-state index contributed by atoms with van der Waals surface area (Å²) in [6, 6.07) is 1.61. The molecule has 1 heterocycles. The molecular weight excluding hydrogens is 282 g/mol. The SMILES string of the molecule is CC(C)Cc1cc(C(=O)NCCN(C)S(C)(=O)=O)on1. The summed E-state index contributed by atoms with van der Waals surface area (Å²) in [4.78, 5) is 11.8. The number of rotatable bonds is 7. The summed E-state index contributed by atoms with van der Waals surface area (Å²) in [7, 11) is -1.77. The molecule has 0 radical (unpaired) electrons. The van der Waals surface area contributed by atoms with Crippen LogP contribution in [-0.4, -0.2) is 50.2 Å². The Balaban J connectivity index is 2.45. The van der Waals surface area contributed by atoms with Crippen LogP contribution in [-0.2, 0) is 16.4 Å². The first-order chi connectivity index (χ1) is 9.20. The highest BCUT2D eigenvalue weighted by atomic mass is 32.2. The van der Waals surface area contributed by atoms with Gasteiger partial charge in [-0.15, -0.1) is 0 Å². The Morgan fingerprint density at radius 3 is 2.70 bits per heavy atom. The molecule has 1 N–H and O–H groups in total. The highest BCUT2D eigenvalue weighted by Crippen LogP contribution is 2.08. The number of hydrogen-bond acceptors (Lipinski definition) is 5. The number of nitrogens with one attached hydrogen (secondary N) is 1. The monoisotopic (exact) mass is 303 g/mol. The molecule has 114 valence electrons. The van der Waals surface area contributed by atoms with Crippen LogP contribution in [0.25, 0.3) is 0 Å². The Morgan fingerprint density at radius 2 is 2.15 bits per heavy atom. The average Bonchev–Trinajstić information content (AvgIpc) is 2.75. The number of hydrogen-bond donors (Lipinski definition) is 1. The van der Waals surface area contributed by atoms with Crippen molar-refractivity contribution in [2.45, 2.75) is 20.3 Å². The summed E-state index contributed by atoms with van der Waals surface area (Å²) >= 11 is 0. The van der Waals surface area contributed by atoms with E-state index in [0.717, 1.165) is 22.7 Å². The number of nitrogens with zero attached hydrogens (tertiary/aromatic N) is 2. The molecule has 0 aliphatic rings. The van der Waals surface area contributed by atoms with Gasteiger partial charge in [0.05, 0.1) is 11.9 Å². The van der Waals surface area contributed by atoms with Gasteiger partial charge in [-0.2, -0.15) is 0 Å². The van der Waals surface area contributed by atoms with Gasteiger partial charge >= 0.3 is 0 Å². The molecule has 0 unspecified atom stereocenters. The van der Waals surface area contributed by atoms with E-state index in [9.17, 15) is 13.2 Å². The zero-order valence-electron chi connectivity index (χ0n) is 12.2. The summed E-state index contributed by atoms with van der Waals surface area (Å²) in [5.41, 5.74) is 0.735. The Kier molecular flexibility index (Phi) is 5.70. The van der Waals surface area contributed by atoms with Crippen molar-refractivity contribution >= 4 is 15.9 Å². The van der Waals surface area contributed by atoms with Crippen molar-refractivity contribution in [1.82, 2.24) is 14.8 Å². The first-order valence-electron chi connectivity index (χ1n) is 6.35. The second-order valence-electron chi connectivity index (χ2n) is 5.12. The molecule has 20 heavy (non-hydrogen) atoms. The highest BCUT2D eigenvalue weighted by molar-refractivity contribution is 7.88. The molecule has 0 spiro atoms. The van der Waals surface area contributed by atoms with E-state index in [1.807, 2.05) is 0 Å². The van der Waals surface area contributed by atoms with Gasteiger partial charge in [-0.25, -0.2) is 12.7 Å². The lowest BCUT2D eigenvalue weighted by Gasteiger charge is -2.13. The second-order valence-corrected chi connectivity index (χ2v) is 7.21. The fraction of sp³-hybridized carbons (Fsp3) is 0.667. The number of carbonyl (C=O) groups excluding carboxylic acids is 1. The fourth-order valence-corrected chi connectivity index (χ4v) is 1.94. The molecule has 0 aromatic carbocycles. The molecule has 1 aromatic heterocycles. The van der Waals surface area contributed by atoms with Gasteiger partial charge in [0.1, 0.15) is 0 Å². The standard InChI is InChI=1S/C12H21N3O4S/c1-9(2)7-10-8-11(19-14-10)12(16)13-5-6-15(3)20(4,17)18/h8-9H,5-7H2,1-4H3,(H,13,16). The summed E-state index contributed by atoms with van der Waals surface area (Å²) in [5.74, 6) is 0.177. The van der Waals surface area contributed by atoms with Crippen LogP contribution in [0.3, 0.4) is 0 Å². The minimum absolute atomic E-state index is 0.141. The van der Waals surface area contributed by atoms with Crippen LogP contribution in [0.4, 0.5) is 0 Å². The largest absolute Gasteiger partial charge is 0.351 e. The van der Waals surface area contributed by atoms with Gasteiger partial charge in [-0.3, -0.25) is 4.79 Å². The Bertz CT molecular complexity index is 551. The molecule has 1 amide bonds. The van der Waals surface area contributed by atoms with E-state index in [-0.39, 0.29) is 18.8 Å². The van der Waals surface area contributed by atoms with Crippen molar-refractivity contribution in [3.8, 4) is 0 Å². The van der Waals surface area contributed by atoms with E-state index < -0.39 is 15.9 Å². The van der Waals surface area contributed by atoms with Crippen LogP contribution in [0, 0.1) is 5.92 Å². The third kappa shape index (κ3) is 5.30. The number of amides is 1. The predicted molar refractivity (Wildman–Crippen MR) is 74.9 cm³/mol. The van der Waals surface area contributed by atoms with Crippen LogP contribution >= 0.6 is 0 Å². The highest BCUT2D eigenvalue weighted by Gasteiger charge is 2.15. The van der Waals surface area contributed by atoms with Crippen molar-refractivity contribution in [2.24, 2.45) is 5.92 Å². The predicted octanol–water partition coefficient (Wildman–Crippen LogP) is 0.494. The van der Waals surface area contributed by atoms with E-state index in [4.69, 9.17) is 4.52 Å². The normalized spacial score (nSPS) is 12.1. The zero-order valence-corrected chi connectivity index (χ0v) is 13.0. The molecule has 0 aliphatic heterocycles. The quantitative estimate of drug-likeness (QED) is 0.791. The maximum absolute atomic E-state index is 11.8. The lowest BCUT2D eigenvalue weighted by Crippen LogP contribution is -2.35. The molecule has 0 fully saturated rings. The number of carbonyl (C=O) groups is 1. The van der Waals surface area contributed by atoms with Gasteiger partial charge in [0, 0.05) is 26.2 Å². The molecule has 0 bridgehead atoms. The molecule has 8 heteroatoms. The molecule has 0 aliphatic carbocycles. The number of aromatic nitrogens is 1. The Hall–Kier alpha value is -1.41. The fourth-order valence-electron chi connectivity index (χ4n) is 1.51. The Labute approximate surface area is 119 Å². The molecule has 0 atom stereocenters. The molecule has 1 aromatic rings. The van der Waals surface area contributed by atoms with Crippen LogP contribution in [0.1, 0.15) is 30.1 Å². The van der Waals surface area contributed by atoms with Crippen molar-refractivity contribution in [2.75, 3.05) is 26.4 Å². The van der Waals surface area contributed by atoms with Crippen LogP contribution in [0.15, 0.2) is 10.6 Å². The third-order valence-corrected chi connectivity index (χ3v) is 3.99. The van der Waals surface area contributed by atoms with Gasteiger partial charge in [-0.05, 0) is 12.3 Å².